The maximum absolute atomic E-state index is 6.16. The lowest BCUT2D eigenvalue weighted by Gasteiger charge is -2.35. The van der Waals surface area contributed by atoms with E-state index in [4.69, 9.17) is 18.9 Å². The summed E-state index contributed by atoms with van der Waals surface area (Å²) in [5, 5.41) is 3.61. The Hall–Kier alpha value is -1.57. The van der Waals surface area contributed by atoms with Gasteiger partial charge in [-0.2, -0.15) is 0 Å². The fourth-order valence-electron chi connectivity index (χ4n) is 4.98. The van der Waals surface area contributed by atoms with E-state index in [1.807, 2.05) is 12.1 Å². The molecule has 4 rings (SSSR count). The molecule has 0 bridgehead atoms. The van der Waals surface area contributed by atoms with Gasteiger partial charge in [-0.15, -0.1) is 0 Å². The second-order valence-corrected chi connectivity index (χ2v) is 9.00. The number of likely N-dealkylation sites (tertiary alicyclic amines) is 2. The summed E-state index contributed by atoms with van der Waals surface area (Å²) in [5.41, 5.74) is 0. The summed E-state index contributed by atoms with van der Waals surface area (Å²) in [6.45, 7) is 9.94. The van der Waals surface area contributed by atoms with Crippen molar-refractivity contribution in [3.63, 3.8) is 0 Å². The molecule has 2 unspecified atom stereocenters. The van der Waals surface area contributed by atoms with Crippen molar-refractivity contribution < 1.29 is 13.9 Å². The van der Waals surface area contributed by atoms with Crippen LogP contribution in [0.25, 0.3) is 0 Å². The lowest BCUT2D eigenvalue weighted by Crippen LogP contribution is -2.48. The van der Waals surface area contributed by atoms with Crippen molar-refractivity contribution in [1.82, 2.24) is 15.1 Å². The Balaban J connectivity index is 1.28. The Labute approximate surface area is 187 Å². The zero-order valence-corrected chi connectivity index (χ0v) is 19.1. The summed E-state index contributed by atoms with van der Waals surface area (Å²) in [7, 11) is 0. The second-order valence-electron chi connectivity index (χ2n) is 9.00. The summed E-state index contributed by atoms with van der Waals surface area (Å²) in [5.74, 6) is 2.06. The molecule has 0 radical (unpaired) electrons. The van der Waals surface area contributed by atoms with Gasteiger partial charge in [0.1, 0.15) is 5.76 Å². The number of hydrogen-bond acceptors (Lipinski definition) is 5. The van der Waals surface area contributed by atoms with Crippen molar-refractivity contribution in [2.24, 2.45) is 4.99 Å². The monoisotopic (exact) mass is 432 g/mol. The van der Waals surface area contributed by atoms with Crippen molar-refractivity contribution in [2.75, 3.05) is 52.5 Å². The number of nitrogens with zero attached hydrogens (tertiary/aromatic N) is 3. The molecule has 7 heteroatoms. The van der Waals surface area contributed by atoms with Crippen molar-refractivity contribution >= 4 is 5.96 Å². The molecule has 1 N–H and O–H groups in total. The zero-order chi connectivity index (χ0) is 21.3. The van der Waals surface area contributed by atoms with Gasteiger partial charge in [-0.25, -0.2) is 0 Å². The normalized spacial score (nSPS) is 26.1. The summed E-state index contributed by atoms with van der Waals surface area (Å²) in [6.07, 6.45) is 10.2. The fourth-order valence-corrected chi connectivity index (χ4v) is 4.98. The highest BCUT2D eigenvalue weighted by Gasteiger charge is 2.26. The minimum atomic E-state index is 0.311. The van der Waals surface area contributed by atoms with Crippen molar-refractivity contribution in [3.8, 4) is 0 Å². The van der Waals surface area contributed by atoms with Gasteiger partial charge in [0.15, 0.2) is 5.96 Å². The van der Waals surface area contributed by atoms with Gasteiger partial charge in [0.05, 0.1) is 31.6 Å². The van der Waals surface area contributed by atoms with Gasteiger partial charge >= 0.3 is 0 Å². The number of ether oxygens (including phenoxy) is 2. The topological polar surface area (TPSA) is 62.5 Å². The number of likely N-dealkylation sites (N-methyl/N-ethyl adjacent to an activating group) is 1. The third-order valence-corrected chi connectivity index (χ3v) is 6.88. The maximum Gasteiger partial charge on any atom is 0.193 e. The molecular weight excluding hydrogens is 392 g/mol. The van der Waals surface area contributed by atoms with Gasteiger partial charge in [-0.05, 0) is 63.7 Å². The molecule has 3 fully saturated rings. The van der Waals surface area contributed by atoms with Gasteiger partial charge in [-0.3, -0.25) is 9.89 Å². The first-order valence-corrected chi connectivity index (χ1v) is 12.3. The molecule has 2 atom stereocenters. The van der Waals surface area contributed by atoms with E-state index in [0.717, 1.165) is 83.3 Å². The zero-order valence-electron chi connectivity index (χ0n) is 19.1. The number of guanidine groups is 1. The molecule has 3 aliphatic heterocycles. The van der Waals surface area contributed by atoms with Gasteiger partial charge in [-0.1, -0.05) is 6.92 Å². The Morgan fingerprint density at radius 1 is 1.19 bits per heavy atom. The van der Waals surface area contributed by atoms with E-state index in [-0.39, 0.29) is 0 Å². The Bertz CT molecular complexity index is 652. The van der Waals surface area contributed by atoms with Crippen LogP contribution in [-0.2, 0) is 15.9 Å². The number of hydrogen-bond donors (Lipinski definition) is 1. The van der Waals surface area contributed by atoms with Gasteiger partial charge in [0.2, 0.25) is 0 Å². The summed E-state index contributed by atoms with van der Waals surface area (Å²) >= 11 is 0. The second kappa shape index (κ2) is 11.9. The number of rotatable bonds is 9. The number of piperidine rings is 1. The first-order valence-electron chi connectivity index (χ1n) is 12.3. The molecular formula is C24H40N4O3. The number of aliphatic imine (C=N–C) groups is 1. The highest BCUT2D eigenvalue weighted by atomic mass is 16.5. The van der Waals surface area contributed by atoms with Crippen LogP contribution < -0.4 is 5.32 Å². The molecule has 3 saturated heterocycles. The third-order valence-electron chi connectivity index (χ3n) is 6.88. The van der Waals surface area contributed by atoms with Crippen molar-refractivity contribution in [1.29, 1.82) is 0 Å². The smallest absolute Gasteiger partial charge is 0.193 e. The molecule has 0 aliphatic carbocycles. The van der Waals surface area contributed by atoms with E-state index in [1.54, 1.807) is 6.26 Å². The molecule has 0 aromatic carbocycles. The predicted molar refractivity (Wildman–Crippen MR) is 123 cm³/mol. The van der Waals surface area contributed by atoms with Crippen LogP contribution in [0.2, 0.25) is 0 Å². The Morgan fingerprint density at radius 3 is 2.84 bits per heavy atom. The molecule has 0 amide bonds. The van der Waals surface area contributed by atoms with Crippen LogP contribution in [0.1, 0.15) is 51.2 Å². The van der Waals surface area contributed by atoms with E-state index in [9.17, 15) is 0 Å². The predicted octanol–water partition coefficient (Wildman–Crippen LogP) is 2.91. The highest BCUT2D eigenvalue weighted by molar-refractivity contribution is 5.80. The quantitative estimate of drug-likeness (QED) is 0.478. The molecule has 1 aromatic heterocycles. The number of nitrogens with one attached hydrogen (secondary N) is 1. The minimum Gasteiger partial charge on any atom is -0.469 e. The van der Waals surface area contributed by atoms with E-state index in [0.29, 0.717) is 18.2 Å². The van der Waals surface area contributed by atoms with Crippen molar-refractivity contribution in [3.05, 3.63) is 24.2 Å². The maximum atomic E-state index is 6.16. The molecule has 0 saturated carbocycles. The molecule has 174 valence electrons. The molecule has 31 heavy (non-hydrogen) atoms. The average Bonchev–Trinajstić information content (AvgIpc) is 3.58. The minimum absolute atomic E-state index is 0.311. The standard InChI is InChI=1S/C24H40N4O3/c1-2-27-13-3-6-20(27)18-26-24(25-12-9-21-7-4-16-29-21)28-14-10-22(11-15-28)31-19-23-8-5-17-30-23/h4,7,16,20,22-23H,2-3,5-6,8-15,17-19H2,1H3,(H,25,26). The average molecular weight is 433 g/mol. The van der Waals surface area contributed by atoms with Crippen LogP contribution in [0.3, 0.4) is 0 Å². The molecule has 4 heterocycles. The largest absolute Gasteiger partial charge is 0.469 e. The van der Waals surface area contributed by atoms with Crippen LogP contribution in [-0.4, -0.2) is 86.5 Å². The SMILES string of the molecule is CCN1CCCC1CN=C(NCCc1ccco1)N1CCC(OCC2CCCO2)CC1. The van der Waals surface area contributed by atoms with E-state index in [1.165, 1.54) is 25.8 Å². The van der Waals surface area contributed by atoms with E-state index >= 15 is 0 Å². The molecule has 3 aliphatic rings. The third kappa shape index (κ3) is 6.70. The first kappa shape index (κ1) is 22.6. The molecule has 7 nitrogen and oxygen atoms in total. The van der Waals surface area contributed by atoms with Gasteiger partial charge in [0, 0.05) is 38.7 Å². The van der Waals surface area contributed by atoms with Gasteiger partial charge in [0.25, 0.3) is 0 Å². The first-order chi connectivity index (χ1) is 15.3. The van der Waals surface area contributed by atoms with Crippen LogP contribution in [0.15, 0.2) is 27.8 Å². The summed E-state index contributed by atoms with van der Waals surface area (Å²) in [4.78, 5) is 10.1. The van der Waals surface area contributed by atoms with Gasteiger partial charge < -0.3 is 24.1 Å². The lowest BCUT2D eigenvalue weighted by molar-refractivity contribution is -0.0367. The molecule has 1 aromatic rings. The van der Waals surface area contributed by atoms with E-state index in [2.05, 4.69) is 22.0 Å². The number of furan rings is 1. The lowest BCUT2D eigenvalue weighted by atomic mass is 10.1. The van der Waals surface area contributed by atoms with Crippen LogP contribution >= 0.6 is 0 Å². The summed E-state index contributed by atoms with van der Waals surface area (Å²) < 4.78 is 17.4. The van der Waals surface area contributed by atoms with Crippen LogP contribution in [0, 0.1) is 0 Å². The van der Waals surface area contributed by atoms with Crippen molar-refractivity contribution in [2.45, 2.75) is 70.1 Å². The highest BCUT2D eigenvalue weighted by Crippen LogP contribution is 2.19. The Kier molecular flexibility index (Phi) is 8.67. The van der Waals surface area contributed by atoms with Crippen LogP contribution in [0.5, 0.6) is 0 Å². The fraction of sp³-hybridized carbons (Fsp3) is 0.792. The molecule has 0 spiro atoms. The van der Waals surface area contributed by atoms with E-state index < -0.39 is 0 Å². The van der Waals surface area contributed by atoms with Crippen LogP contribution in [0.4, 0.5) is 0 Å². The Morgan fingerprint density at radius 2 is 2.10 bits per heavy atom. The summed E-state index contributed by atoms with van der Waals surface area (Å²) in [6, 6.07) is 4.57.